The van der Waals surface area contributed by atoms with Crippen LogP contribution >= 0.6 is 0 Å². The maximum absolute atomic E-state index is 13.6. The molecule has 12 heteroatoms. The predicted molar refractivity (Wildman–Crippen MR) is 57.3 cm³/mol. The molecule has 0 amide bonds. The molecule has 0 unspecified atom stereocenters. The minimum atomic E-state index is -6.84. The van der Waals surface area contributed by atoms with Gasteiger partial charge in [0, 0.05) is 0 Å². The van der Waals surface area contributed by atoms with Crippen molar-refractivity contribution in [1.82, 2.24) is 0 Å². The Morgan fingerprint density at radius 3 is 1.57 bits per heavy atom. The summed E-state index contributed by atoms with van der Waals surface area (Å²) >= 11 is 0. The summed E-state index contributed by atoms with van der Waals surface area (Å²) in [5, 5.41) is 0. The van der Waals surface area contributed by atoms with Gasteiger partial charge in [-0.05, 0) is 13.8 Å². The topological polar surface area (TPSA) is 52.6 Å². The molecule has 0 spiro atoms. The number of esters is 2. The largest absolute Gasteiger partial charge is 0.462 e. The average Bonchev–Trinajstić information content (AvgIpc) is 2.37. The maximum Gasteiger partial charge on any atom is 0.460 e. The van der Waals surface area contributed by atoms with Crippen molar-refractivity contribution < 1.29 is 54.2 Å². The molecule has 23 heavy (non-hydrogen) atoms. The van der Waals surface area contributed by atoms with E-state index in [1.807, 2.05) is 0 Å². The fourth-order valence-corrected chi connectivity index (χ4v) is 1.19. The minimum absolute atomic E-state index is 0.621. The van der Waals surface area contributed by atoms with E-state index in [4.69, 9.17) is 0 Å². The van der Waals surface area contributed by atoms with Crippen molar-refractivity contribution >= 4 is 11.9 Å². The predicted octanol–water partition coefficient (Wildman–Crippen LogP) is 3.17. The van der Waals surface area contributed by atoms with Gasteiger partial charge >= 0.3 is 30.0 Å². The van der Waals surface area contributed by atoms with Gasteiger partial charge in [0.05, 0.1) is 13.2 Å². The van der Waals surface area contributed by atoms with Crippen molar-refractivity contribution in [3.05, 3.63) is 11.4 Å². The number of rotatable bonds is 6. The van der Waals surface area contributed by atoms with Crippen LogP contribution in [0.1, 0.15) is 13.8 Å². The SMILES string of the molecule is CCOC(=O)/C(F)=C(\C(=O)OCC)C(F)(F)C(F)(F)C(F)(F)F. The van der Waals surface area contributed by atoms with E-state index >= 15 is 0 Å². The monoisotopic (exact) mass is 358 g/mol. The minimum Gasteiger partial charge on any atom is -0.462 e. The Kier molecular flexibility index (Phi) is 6.55. The van der Waals surface area contributed by atoms with Crippen molar-refractivity contribution in [1.29, 1.82) is 0 Å². The Bertz CT molecular complexity index is 495. The Morgan fingerprint density at radius 1 is 0.826 bits per heavy atom. The van der Waals surface area contributed by atoms with Crippen LogP contribution in [0.25, 0.3) is 0 Å². The molecule has 0 radical (unpaired) electrons. The van der Waals surface area contributed by atoms with Crippen molar-refractivity contribution in [2.24, 2.45) is 0 Å². The van der Waals surface area contributed by atoms with E-state index < -0.39 is 54.6 Å². The molecule has 0 fully saturated rings. The van der Waals surface area contributed by atoms with Gasteiger partial charge < -0.3 is 9.47 Å². The standard InChI is InChI=1S/C11H10F8O4/c1-3-22-7(20)5(6(12)8(21)23-4-2)9(13,14)10(15,16)11(17,18)19/h3-4H2,1-2H3/b6-5-. The molecule has 4 nitrogen and oxygen atoms in total. The highest BCUT2D eigenvalue weighted by Crippen LogP contribution is 2.50. The lowest BCUT2D eigenvalue weighted by molar-refractivity contribution is -0.344. The Morgan fingerprint density at radius 2 is 1.22 bits per heavy atom. The smallest absolute Gasteiger partial charge is 0.460 e. The molecule has 0 aromatic rings. The van der Waals surface area contributed by atoms with Gasteiger partial charge in [-0.2, -0.15) is 35.1 Å². The zero-order chi connectivity index (χ0) is 18.6. The Balaban J connectivity index is 6.32. The van der Waals surface area contributed by atoms with Crippen molar-refractivity contribution in [2.75, 3.05) is 13.2 Å². The summed E-state index contributed by atoms with van der Waals surface area (Å²) in [4.78, 5) is 22.2. The van der Waals surface area contributed by atoms with Crippen LogP contribution in [-0.2, 0) is 19.1 Å². The van der Waals surface area contributed by atoms with Gasteiger partial charge in [-0.1, -0.05) is 0 Å². The van der Waals surface area contributed by atoms with E-state index in [9.17, 15) is 44.7 Å². The number of hydrogen-bond donors (Lipinski definition) is 0. The molecule has 0 N–H and O–H groups in total. The van der Waals surface area contributed by atoms with Crippen LogP contribution in [0.15, 0.2) is 11.4 Å². The summed E-state index contributed by atoms with van der Waals surface area (Å²) in [5.41, 5.74) is -3.07. The van der Waals surface area contributed by atoms with Crippen LogP contribution in [-0.4, -0.2) is 43.2 Å². The lowest BCUT2D eigenvalue weighted by atomic mass is 10.0. The third-order valence-corrected chi connectivity index (χ3v) is 2.22. The molecular weight excluding hydrogens is 348 g/mol. The van der Waals surface area contributed by atoms with Gasteiger partial charge in [0.15, 0.2) is 5.57 Å². The van der Waals surface area contributed by atoms with Crippen LogP contribution < -0.4 is 0 Å². The summed E-state index contributed by atoms with van der Waals surface area (Å²) in [6.45, 7) is 0.672. The summed E-state index contributed by atoms with van der Waals surface area (Å²) < 4.78 is 110. The molecule has 134 valence electrons. The molecule has 0 aliphatic heterocycles. The number of ether oxygens (including phenoxy) is 2. The number of hydrogen-bond acceptors (Lipinski definition) is 4. The summed E-state index contributed by atoms with van der Waals surface area (Å²) in [7, 11) is 0. The maximum atomic E-state index is 13.6. The molecule has 0 aromatic carbocycles. The van der Waals surface area contributed by atoms with Crippen LogP contribution in [0.4, 0.5) is 35.1 Å². The molecule has 0 rings (SSSR count). The van der Waals surface area contributed by atoms with E-state index in [2.05, 4.69) is 9.47 Å². The van der Waals surface area contributed by atoms with Crippen molar-refractivity contribution in [3.8, 4) is 0 Å². The third-order valence-electron chi connectivity index (χ3n) is 2.22. The number of carbonyl (C=O) groups is 2. The van der Waals surface area contributed by atoms with Gasteiger partial charge in [0.2, 0.25) is 5.83 Å². The lowest BCUT2D eigenvalue weighted by Gasteiger charge is -2.29. The highest BCUT2D eigenvalue weighted by Gasteiger charge is 2.76. The first kappa shape index (κ1) is 21.1. The van der Waals surface area contributed by atoms with E-state index in [0.717, 1.165) is 13.8 Å². The van der Waals surface area contributed by atoms with Crippen LogP contribution in [0, 0.1) is 0 Å². The van der Waals surface area contributed by atoms with Crippen LogP contribution in [0.5, 0.6) is 0 Å². The Hall–Kier alpha value is -1.88. The molecule has 0 heterocycles. The van der Waals surface area contributed by atoms with Gasteiger partial charge in [-0.25, -0.2) is 9.59 Å². The normalized spacial score (nSPS) is 14.2. The van der Waals surface area contributed by atoms with Gasteiger partial charge in [-0.15, -0.1) is 0 Å². The quantitative estimate of drug-likeness (QED) is 0.416. The average molecular weight is 358 g/mol. The second kappa shape index (κ2) is 7.13. The summed E-state index contributed by atoms with van der Waals surface area (Å²) in [6, 6.07) is 0. The van der Waals surface area contributed by atoms with Gasteiger partial charge in [-0.3, -0.25) is 0 Å². The fraction of sp³-hybridized carbons (Fsp3) is 0.636. The van der Waals surface area contributed by atoms with Gasteiger partial charge in [0.1, 0.15) is 0 Å². The molecule has 0 saturated heterocycles. The first-order valence-electron chi connectivity index (χ1n) is 5.82. The molecule has 0 saturated carbocycles. The molecule has 0 atom stereocenters. The second-order valence-electron chi connectivity index (χ2n) is 3.78. The highest BCUT2D eigenvalue weighted by molar-refractivity contribution is 6.00. The second-order valence-corrected chi connectivity index (χ2v) is 3.78. The number of halogens is 8. The van der Waals surface area contributed by atoms with E-state index in [0.29, 0.717) is 0 Å². The molecule has 0 aliphatic carbocycles. The molecular formula is C11H10F8O4. The molecule has 0 aromatic heterocycles. The zero-order valence-electron chi connectivity index (χ0n) is 11.6. The van der Waals surface area contributed by atoms with Gasteiger partial charge in [0.25, 0.3) is 0 Å². The first-order valence-corrected chi connectivity index (χ1v) is 5.82. The van der Waals surface area contributed by atoms with Crippen molar-refractivity contribution in [3.63, 3.8) is 0 Å². The fourth-order valence-electron chi connectivity index (χ4n) is 1.19. The van der Waals surface area contributed by atoms with E-state index in [1.54, 1.807) is 0 Å². The highest BCUT2D eigenvalue weighted by atomic mass is 19.4. The summed E-state index contributed by atoms with van der Waals surface area (Å²) in [6.07, 6.45) is -6.83. The Labute approximate surface area is 124 Å². The van der Waals surface area contributed by atoms with Crippen LogP contribution in [0.3, 0.4) is 0 Å². The lowest BCUT2D eigenvalue weighted by Crippen LogP contribution is -2.54. The number of carbonyl (C=O) groups excluding carboxylic acids is 2. The third kappa shape index (κ3) is 4.10. The van der Waals surface area contributed by atoms with E-state index in [1.165, 1.54) is 0 Å². The molecule has 0 bridgehead atoms. The zero-order valence-corrected chi connectivity index (χ0v) is 11.6. The first-order chi connectivity index (χ1) is 10.3. The van der Waals surface area contributed by atoms with Crippen molar-refractivity contribution in [2.45, 2.75) is 31.9 Å². The number of alkyl halides is 7. The van der Waals surface area contributed by atoms with Crippen LogP contribution in [0.2, 0.25) is 0 Å². The summed E-state index contributed by atoms with van der Waals surface area (Å²) in [5.74, 6) is -21.0. The molecule has 0 aliphatic rings. The van der Waals surface area contributed by atoms with E-state index in [-0.39, 0.29) is 0 Å².